The van der Waals surface area contributed by atoms with E-state index in [2.05, 4.69) is 34.3 Å². The Kier molecular flexibility index (Phi) is 3.24. The molecule has 0 aliphatic carbocycles. The van der Waals surface area contributed by atoms with Crippen molar-refractivity contribution < 1.29 is 0 Å². The number of rotatable bonds is 3. The first kappa shape index (κ1) is 11.4. The van der Waals surface area contributed by atoms with Crippen LogP contribution in [-0.4, -0.2) is 9.55 Å². The number of aromatic nitrogens is 2. The Morgan fingerprint density at radius 1 is 1.24 bits per heavy atom. The van der Waals surface area contributed by atoms with Gasteiger partial charge < -0.3 is 4.57 Å². The van der Waals surface area contributed by atoms with Gasteiger partial charge >= 0.3 is 0 Å². The van der Waals surface area contributed by atoms with Gasteiger partial charge in [0.05, 0.1) is 11.4 Å². The molecular weight excluding hydrogens is 208 g/mol. The number of hydrogen-bond donors (Lipinski definition) is 0. The Morgan fingerprint density at radius 2 is 1.94 bits per heavy atom. The van der Waals surface area contributed by atoms with Gasteiger partial charge in [-0.1, -0.05) is 43.0 Å². The number of imidazole rings is 1. The van der Waals surface area contributed by atoms with Crippen LogP contribution >= 0.6 is 0 Å². The quantitative estimate of drug-likeness (QED) is 0.776. The molecular formula is C15H16N2. The number of hydrogen-bond acceptors (Lipinski definition) is 1. The van der Waals surface area contributed by atoms with Crippen molar-refractivity contribution in [3.8, 4) is 11.4 Å². The smallest absolute Gasteiger partial charge is 0.140 e. The van der Waals surface area contributed by atoms with Crippen LogP contribution in [0.1, 0.15) is 18.3 Å². The second-order valence-electron chi connectivity index (χ2n) is 3.84. The number of benzene rings is 1. The van der Waals surface area contributed by atoms with Crippen LogP contribution in [0.25, 0.3) is 23.5 Å². The molecule has 0 amide bonds. The standard InChI is InChI=1S/C15H16N2/c1-4-9-14-13(5-2)16-15(17(14)3)12-10-7-6-8-11-12/h4-11H,2H2,1,3H3/b9-4-. The molecule has 0 atom stereocenters. The monoisotopic (exact) mass is 224 g/mol. The van der Waals surface area contributed by atoms with E-state index in [1.165, 1.54) is 0 Å². The summed E-state index contributed by atoms with van der Waals surface area (Å²) in [6, 6.07) is 10.2. The van der Waals surface area contributed by atoms with E-state index in [9.17, 15) is 0 Å². The van der Waals surface area contributed by atoms with E-state index in [0.29, 0.717) is 0 Å². The lowest BCUT2D eigenvalue weighted by Crippen LogP contribution is -1.94. The van der Waals surface area contributed by atoms with Crippen LogP contribution in [-0.2, 0) is 7.05 Å². The van der Waals surface area contributed by atoms with Gasteiger partial charge in [0.15, 0.2) is 0 Å². The summed E-state index contributed by atoms with van der Waals surface area (Å²) in [5.74, 6) is 0.966. The molecule has 0 aliphatic heterocycles. The predicted molar refractivity (Wildman–Crippen MR) is 73.4 cm³/mol. The van der Waals surface area contributed by atoms with Crippen LogP contribution in [0.3, 0.4) is 0 Å². The van der Waals surface area contributed by atoms with Gasteiger partial charge in [0.1, 0.15) is 5.82 Å². The molecule has 17 heavy (non-hydrogen) atoms. The summed E-state index contributed by atoms with van der Waals surface area (Å²) in [5, 5.41) is 0. The molecule has 0 unspecified atom stereocenters. The van der Waals surface area contributed by atoms with Crippen molar-refractivity contribution in [3.05, 3.63) is 54.4 Å². The summed E-state index contributed by atoms with van der Waals surface area (Å²) in [6.45, 7) is 5.81. The van der Waals surface area contributed by atoms with Crippen LogP contribution in [0.4, 0.5) is 0 Å². The van der Waals surface area contributed by atoms with Crippen LogP contribution < -0.4 is 0 Å². The van der Waals surface area contributed by atoms with E-state index in [-0.39, 0.29) is 0 Å². The molecule has 1 heterocycles. The average molecular weight is 224 g/mol. The number of nitrogens with zero attached hydrogens (tertiary/aromatic N) is 2. The summed E-state index contributed by atoms with van der Waals surface area (Å²) in [6.07, 6.45) is 5.86. The molecule has 0 bridgehead atoms. The van der Waals surface area contributed by atoms with Crippen molar-refractivity contribution in [1.29, 1.82) is 0 Å². The molecule has 2 rings (SSSR count). The van der Waals surface area contributed by atoms with Crippen LogP contribution in [0.2, 0.25) is 0 Å². The average Bonchev–Trinajstić information content (AvgIpc) is 2.69. The highest BCUT2D eigenvalue weighted by Gasteiger charge is 2.11. The minimum absolute atomic E-state index is 0.921. The minimum Gasteiger partial charge on any atom is -0.327 e. The van der Waals surface area contributed by atoms with Crippen molar-refractivity contribution in [2.45, 2.75) is 6.92 Å². The molecule has 0 aliphatic rings. The third-order valence-electron chi connectivity index (χ3n) is 2.72. The highest BCUT2D eigenvalue weighted by Crippen LogP contribution is 2.22. The molecule has 2 nitrogen and oxygen atoms in total. The van der Waals surface area contributed by atoms with E-state index >= 15 is 0 Å². The Hall–Kier alpha value is -2.09. The molecule has 86 valence electrons. The van der Waals surface area contributed by atoms with Crippen molar-refractivity contribution in [1.82, 2.24) is 9.55 Å². The summed E-state index contributed by atoms with van der Waals surface area (Å²) < 4.78 is 2.09. The van der Waals surface area contributed by atoms with Gasteiger partial charge in [0.2, 0.25) is 0 Å². The second kappa shape index (κ2) is 4.83. The normalized spacial score (nSPS) is 10.9. The highest BCUT2D eigenvalue weighted by molar-refractivity contribution is 5.66. The Balaban J connectivity index is 2.61. The largest absolute Gasteiger partial charge is 0.327 e. The fraction of sp³-hybridized carbons (Fsp3) is 0.133. The van der Waals surface area contributed by atoms with Gasteiger partial charge in [0, 0.05) is 12.6 Å². The molecule has 1 aromatic heterocycles. The topological polar surface area (TPSA) is 17.8 Å². The molecule has 0 saturated carbocycles. The fourth-order valence-electron chi connectivity index (χ4n) is 1.88. The Bertz CT molecular complexity index is 548. The first-order valence-electron chi connectivity index (χ1n) is 5.65. The van der Waals surface area contributed by atoms with Crippen LogP contribution in [0, 0.1) is 0 Å². The lowest BCUT2D eigenvalue weighted by atomic mass is 10.2. The lowest BCUT2D eigenvalue weighted by Gasteiger charge is -2.02. The SMILES string of the molecule is C=Cc1nc(-c2ccccc2)n(C)c1/C=C\C. The van der Waals surface area contributed by atoms with Crippen molar-refractivity contribution in [3.63, 3.8) is 0 Å². The van der Waals surface area contributed by atoms with E-state index < -0.39 is 0 Å². The maximum atomic E-state index is 4.61. The predicted octanol–water partition coefficient (Wildman–Crippen LogP) is 3.76. The Labute approximate surface area is 102 Å². The van der Waals surface area contributed by atoms with Gasteiger partial charge in [-0.3, -0.25) is 0 Å². The third kappa shape index (κ3) is 2.07. The van der Waals surface area contributed by atoms with Gasteiger partial charge in [-0.05, 0) is 19.1 Å². The molecule has 0 spiro atoms. The highest BCUT2D eigenvalue weighted by atomic mass is 15.1. The Morgan fingerprint density at radius 3 is 2.53 bits per heavy atom. The van der Waals surface area contributed by atoms with E-state index in [1.807, 2.05) is 38.2 Å². The van der Waals surface area contributed by atoms with E-state index in [0.717, 1.165) is 22.8 Å². The molecule has 0 radical (unpaired) electrons. The molecule has 2 aromatic rings. The first-order valence-corrected chi connectivity index (χ1v) is 5.65. The molecule has 2 heteroatoms. The minimum atomic E-state index is 0.921. The molecule has 1 aromatic carbocycles. The van der Waals surface area contributed by atoms with Crippen molar-refractivity contribution in [2.24, 2.45) is 7.05 Å². The maximum absolute atomic E-state index is 4.61. The van der Waals surface area contributed by atoms with Gasteiger partial charge in [-0.25, -0.2) is 4.98 Å². The van der Waals surface area contributed by atoms with E-state index in [4.69, 9.17) is 0 Å². The summed E-state index contributed by atoms with van der Waals surface area (Å²) >= 11 is 0. The molecule has 0 saturated heterocycles. The maximum Gasteiger partial charge on any atom is 0.140 e. The zero-order valence-electron chi connectivity index (χ0n) is 10.2. The first-order chi connectivity index (χ1) is 8.27. The fourth-order valence-corrected chi connectivity index (χ4v) is 1.88. The molecule has 0 N–H and O–H groups in total. The summed E-state index contributed by atoms with van der Waals surface area (Å²) in [5.41, 5.74) is 3.12. The van der Waals surface area contributed by atoms with Crippen molar-refractivity contribution >= 4 is 12.2 Å². The second-order valence-corrected chi connectivity index (χ2v) is 3.84. The zero-order valence-corrected chi connectivity index (χ0v) is 10.2. The molecule has 0 fully saturated rings. The third-order valence-corrected chi connectivity index (χ3v) is 2.72. The van der Waals surface area contributed by atoms with Crippen molar-refractivity contribution in [2.75, 3.05) is 0 Å². The van der Waals surface area contributed by atoms with E-state index in [1.54, 1.807) is 6.08 Å². The van der Waals surface area contributed by atoms with Gasteiger partial charge in [-0.15, -0.1) is 0 Å². The zero-order chi connectivity index (χ0) is 12.3. The van der Waals surface area contributed by atoms with Crippen LogP contribution in [0.15, 0.2) is 43.0 Å². The summed E-state index contributed by atoms with van der Waals surface area (Å²) in [7, 11) is 2.03. The summed E-state index contributed by atoms with van der Waals surface area (Å²) in [4.78, 5) is 4.61. The number of allylic oxidation sites excluding steroid dienone is 1. The lowest BCUT2D eigenvalue weighted by molar-refractivity contribution is 0.913. The van der Waals surface area contributed by atoms with Gasteiger partial charge in [-0.2, -0.15) is 0 Å². The van der Waals surface area contributed by atoms with Crippen LogP contribution in [0.5, 0.6) is 0 Å². The van der Waals surface area contributed by atoms with Gasteiger partial charge in [0.25, 0.3) is 0 Å².